The van der Waals surface area contributed by atoms with Gasteiger partial charge in [-0.15, -0.1) is 11.8 Å². The van der Waals surface area contributed by atoms with E-state index in [9.17, 15) is 4.79 Å². The molecular formula is C15H24N2O2S. The van der Waals surface area contributed by atoms with Crippen molar-refractivity contribution in [3.63, 3.8) is 0 Å². The first-order chi connectivity index (χ1) is 9.63. The maximum Gasteiger partial charge on any atom is 0.340 e. The van der Waals surface area contributed by atoms with Crippen molar-refractivity contribution in [3.05, 3.63) is 23.8 Å². The Hall–Kier alpha value is -1.20. The third-order valence-corrected chi connectivity index (χ3v) is 4.17. The second-order valence-corrected chi connectivity index (χ2v) is 5.45. The van der Waals surface area contributed by atoms with E-state index >= 15 is 0 Å². The summed E-state index contributed by atoms with van der Waals surface area (Å²) in [6.07, 6.45) is 0. The Morgan fingerprint density at radius 1 is 1.30 bits per heavy atom. The molecule has 2 N–H and O–H groups in total. The lowest BCUT2D eigenvalue weighted by Crippen LogP contribution is -2.25. The Kier molecular flexibility index (Phi) is 7.47. The molecule has 112 valence electrons. The first-order valence-corrected chi connectivity index (χ1v) is 8.03. The van der Waals surface area contributed by atoms with Gasteiger partial charge in [-0.25, -0.2) is 4.79 Å². The molecule has 0 spiro atoms. The molecule has 0 saturated carbocycles. The van der Waals surface area contributed by atoms with Gasteiger partial charge in [-0.1, -0.05) is 19.9 Å². The Balaban J connectivity index is 2.67. The van der Waals surface area contributed by atoms with Crippen LogP contribution in [0.25, 0.3) is 0 Å². The molecule has 0 radical (unpaired) electrons. The summed E-state index contributed by atoms with van der Waals surface area (Å²) in [7, 11) is 0. The number of thioether (sulfide) groups is 1. The Morgan fingerprint density at radius 2 is 2.00 bits per heavy atom. The van der Waals surface area contributed by atoms with Gasteiger partial charge in [0.15, 0.2) is 0 Å². The summed E-state index contributed by atoms with van der Waals surface area (Å²) in [5.74, 6) is 0.606. The van der Waals surface area contributed by atoms with E-state index in [-0.39, 0.29) is 5.97 Å². The average molecular weight is 296 g/mol. The highest BCUT2D eigenvalue weighted by atomic mass is 32.2. The standard InChI is InChI=1S/C15H24N2O2S/c1-4-17(5-2)10-11-20-13-9-7-8-12(14(13)16)15(18)19-6-3/h7-9H,4-6,10-11,16H2,1-3H3. The maximum absolute atomic E-state index is 11.8. The van der Waals surface area contributed by atoms with Gasteiger partial charge in [-0.3, -0.25) is 0 Å². The number of ether oxygens (including phenoxy) is 1. The van der Waals surface area contributed by atoms with E-state index in [1.807, 2.05) is 12.1 Å². The number of rotatable bonds is 8. The van der Waals surface area contributed by atoms with Gasteiger partial charge in [0, 0.05) is 17.2 Å². The van der Waals surface area contributed by atoms with Crippen LogP contribution in [0.3, 0.4) is 0 Å². The molecule has 0 amide bonds. The third-order valence-electron chi connectivity index (χ3n) is 3.12. The number of nitrogens with zero attached hydrogens (tertiary/aromatic N) is 1. The Labute approximate surface area is 125 Å². The summed E-state index contributed by atoms with van der Waals surface area (Å²) < 4.78 is 5.00. The number of para-hydroxylation sites is 1. The molecule has 0 unspecified atom stereocenters. The molecule has 0 heterocycles. The number of anilines is 1. The molecular weight excluding hydrogens is 272 g/mol. The van der Waals surface area contributed by atoms with Crippen molar-refractivity contribution >= 4 is 23.4 Å². The highest BCUT2D eigenvalue weighted by Crippen LogP contribution is 2.28. The smallest absolute Gasteiger partial charge is 0.340 e. The molecule has 5 heteroatoms. The van der Waals surface area contributed by atoms with Crippen LogP contribution in [0.5, 0.6) is 0 Å². The summed E-state index contributed by atoms with van der Waals surface area (Å²) in [5.41, 5.74) is 7.04. The van der Waals surface area contributed by atoms with Gasteiger partial charge < -0.3 is 15.4 Å². The summed E-state index contributed by atoms with van der Waals surface area (Å²) in [6, 6.07) is 5.51. The van der Waals surface area contributed by atoms with Crippen LogP contribution in [0.2, 0.25) is 0 Å². The van der Waals surface area contributed by atoms with Crippen LogP contribution in [0, 0.1) is 0 Å². The predicted octanol–water partition coefficient (Wildman–Crippen LogP) is 2.88. The zero-order chi connectivity index (χ0) is 15.0. The van der Waals surface area contributed by atoms with E-state index in [1.165, 1.54) is 0 Å². The van der Waals surface area contributed by atoms with Gasteiger partial charge in [0.05, 0.1) is 17.9 Å². The number of nitrogen functional groups attached to an aromatic ring is 1. The Bertz CT molecular complexity index is 434. The molecule has 0 fully saturated rings. The normalized spacial score (nSPS) is 10.8. The van der Waals surface area contributed by atoms with Crippen LogP contribution in [-0.2, 0) is 4.74 Å². The maximum atomic E-state index is 11.8. The molecule has 0 bridgehead atoms. The summed E-state index contributed by atoms with van der Waals surface area (Å²) in [4.78, 5) is 15.1. The Morgan fingerprint density at radius 3 is 2.60 bits per heavy atom. The van der Waals surface area contributed by atoms with Gasteiger partial charge in [-0.05, 0) is 32.1 Å². The fraction of sp³-hybridized carbons (Fsp3) is 0.533. The van der Waals surface area contributed by atoms with Gasteiger partial charge in [-0.2, -0.15) is 0 Å². The van der Waals surface area contributed by atoms with Crippen molar-refractivity contribution in [3.8, 4) is 0 Å². The highest BCUT2D eigenvalue weighted by Gasteiger charge is 2.13. The first-order valence-electron chi connectivity index (χ1n) is 7.04. The van der Waals surface area contributed by atoms with Gasteiger partial charge in [0.2, 0.25) is 0 Å². The average Bonchev–Trinajstić information content (AvgIpc) is 2.45. The number of carbonyl (C=O) groups excluding carboxylic acids is 1. The quantitative estimate of drug-likeness (QED) is 0.454. The van der Waals surface area contributed by atoms with E-state index in [2.05, 4.69) is 18.7 Å². The first kappa shape index (κ1) is 16.9. The second kappa shape index (κ2) is 8.87. The van der Waals surface area contributed by atoms with E-state index in [1.54, 1.807) is 24.8 Å². The van der Waals surface area contributed by atoms with E-state index < -0.39 is 0 Å². The third kappa shape index (κ3) is 4.72. The number of nitrogens with two attached hydrogens (primary N) is 1. The van der Waals surface area contributed by atoms with Gasteiger partial charge >= 0.3 is 5.97 Å². The summed E-state index contributed by atoms with van der Waals surface area (Å²) in [5, 5.41) is 0. The van der Waals surface area contributed by atoms with Crippen LogP contribution in [0.15, 0.2) is 23.1 Å². The minimum Gasteiger partial charge on any atom is -0.462 e. The monoisotopic (exact) mass is 296 g/mol. The van der Waals surface area contributed by atoms with E-state index in [4.69, 9.17) is 10.5 Å². The van der Waals surface area contributed by atoms with Crippen LogP contribution < -0.4 is 5.73 Å². The highest BCUT2D eigenvalue weighted by molar-refractivity contribution is 7.99. The molecule has 1 aromatic rings. The zero-order valence-electron chi connectivity index (χ0n) is 12.5. The van der Waals surface area contributed by atoms with Crippen LogP contribution in [-0.4, -0.2) is 42.9 Å². The van der Waals surface area contributed by atoms with Crippen LogP contribution >= 0.6 is 11.8 Å². The number of hydrogen-bond acceptors (Lipinski definition) is 5. The lowest BCUT2D eigenvalue weighted by Gasteiger charge is -2.17. The molecule has 1 rings (SSSR count). The number of esters is 1. The van der Waals surface area contributed by atoms with Crippen molar-refractivity contribution in [2.24, 2.45) is 0 Å². The number of carbonyl (C=O) groups is 1. The molecule has 0 aliphatic rings. The van der Waals surface area contributed by atoms with Crippen molar-refractivity contribution in [2.45, 2.75) is 25.7 Å². The van der Waals surface area contributed by atoms with Crippen molar-refractivity contribution < 1.29 is 9.53 Å². The lowest BCUT2D eigenvalue weighted by atomic mass is 10.2. The van der Waals surface area contributed by atoms with Crippen LogP contribution in [0.4, 0.5) is 5.69 Å². The topological polar surface area (TPSA) is 55.6 Å². The summed E-state index contributed by atoms with van der Waals surface area (Å²) in [6.45, 7) is 9.58. The minimum absolute atomic E-state index is 0.351. The molecule has 4 nitrogen and oxygen atoms in total. The van der Waals surface area contributed by atoms with Crippen LogP contribution in [0.1, 0.15) is 31.1 Å². The van der Waals surface area contributed by atoms with Crippen molar-refractivity contribution in [1.82, 2.24) is 4.90 Å². The fourth-order valence-electron chi connectivity index (χ4n) is 1.88. The predicted molar refractivity (Wildman–Crippen MR) is 85.3 cm³/mol. The second-order valence-electron chi connectivity index (χ2n) is 4.31. The molecule has 0 aliphatic heterocycles. The largest absolute Gasteiger partial charge is 0.462 e. The number of hydrogen-bond donors (Lipinski definition) is 1. The molecule has 0 atom stereocenters. The van der Waals surface area contributed by atoms with Crippen molar-refractivity contribution in [1.29, 1.82) is 0 Å². The van der Waals surface area contributed by atoms with Gasteiger partial charge in [0.1, 0.15) is 0 Å². The minimum atomic E-state index is -0.351. The van der Waals surface area contributed by atoms with E-state index in [0.717, 1.165) is 30.3 Å². The molecule has 0 aliphatic carbocycles. The SMILES string of the molecule is CCOC(=O)c1cccc(SCCN(CC)CC)c1N. The van der Waals surface area contributed by atoms with Crippen molar-refractivity contribution in [2.75, 3.05) is 37.7 Å². The molecule has 20 heavy (non-hydrogen) atoms. The summed E-state index contributed by atoms with van der Waals surface area (Å²) >= 11 is 1.68. The number of benzene rings is 1. The lowest BCUT2D eigenvalue weighted by molar-refractivity contribution is 0.0527. The van der Waals surface area contributed by atoms with E-state index in [0.29, 0.717) is 17.9 Å². The molecule has 0 aromatic heterocycles. The zero-order valence-corrected chi connectivity index (χ0v) is 13.3. The van der Waals surface area contributed by atoms with Gasteiger partial charge in [0.25, 0.3) is 0 Å². The molecule has 1 aromatic carbocycles. The molecule has 0 saturated heterocycles. The fourth-order valence-corrected chi connectivity index (χ4v) is 2.89.